The third-order valence-corrected chi connectivity index (χ3v) is 8.07. The highest BCUT2D eigenvalue weighted by Gasteiger charge is 2.58. The van der Waals surface area contributed by atoms with Gasteiger partial charge >= 0.3 is 6.18 Å². The highest BCUT2D eigenvalue weighted by molar-refractivity contribution is 5.35. The van der Waals surface area contributed by atoms with Crippen LogP contribution in [0.2, 0.25) is 0 Å². The Hall–Kier alpha value is -2.00. The monoisotopic (exact) mass is 480 g/mol. The molecule has 1 saturated carbocycles. The number of unbranched alkanes of at least 4 members (excludes halogenated alkanes) is 1. The summed E-state index contributed by atoms with van der Waals surface area (Å²) in [7, 11) is 2.05. The summed E-state index contributed by atoms with van der Waals surface area (Å²) in [5, 5.41) is 8.86. The standard InChI is InChI=1S/C25H32F4N4O/c1-32-22(30-31-23(32)17-7-12-34-13-8-17)4-2-3-10-33-11-9-24(16-33)15-20(24)19-6-5-18(14-21(19)26)25(27,28)29/h5-6,14,17,20H,2-4,7-13,15-16H2,1H3/t20-,24?/m1/s1. The van der Waals surface area contributed by atoms with Gasteiger partial charge in [0.05, 0.1) is 5.56 Å². The number of hydrogen-bond acceptors (Lipinski definition) is 4. The molecule has 5 rings (SSSR count). The largest absolute Gasteiger partial charge is 0.416 e. The van der Waals surface area contributed by atoms with Gasteiger partial charge in [0.2, 0.25) is 0 Å². The van der Waals surface area contributed by atoms with Crippen LogP contribution in [-0.4, -0.2) is 52.5 Å². The number of aryl methyl sites for hydroxylation is 1. The Labute approximate surface area is 197 Å². The fourth-order valence-electron chi connectivity index (χ4n) is 5.92. The van der Waals surface area contributed by atoms with Gasteiger partial charge in [0.1, 0.15) is 17.5 Å². The molecule has 2 atom stereocenters. The number of aromatic nitrogens is 3. The predicted molar refractivity (Wildman–Crippen MR) is 119 cm³/mol. The first-order chi connectivity index (χ1) is 16.3. The van der Waals surface area contributed by atoms with Crippen molar-refractivity contribution >= 4 is 0 Å². The summed E-state index contributed by atoms with van der Waals surface area (Å²) >= 11 is 0. The third-order valence-electron chi connectivity index (χ3n) is 8.07. The van der Waals surface area contributed by atoms with E-state index in [1.807, 2.05) is 0 Å². The Morgan fingerprint density at radius 1 is 1.15 bits per heavy atom. The van der Waals surface area contributed by atoms with Crippen molar-refractivity contribution in [3.8, 4) is 0 Å². The molecule has 0 radical (unpaired) electrons. The van der Waals surface area contributed by atoms with E-state index in [-0.39, 0.29) is 11.3 Å². The summed E-state index contributed by atoms with van der Waals surface area (Å²) in [5.41, 5.74) is -0.445. The van der Waals surface area contributed by atoms with Crippen molar-refractivity contribution in [3.05, 3.63) is 46.8 Å². The lowest BCUT2D eigenvalue weighted by atomic mass is 9.97. The van der Waals surface area contributed by atoms with Crippen LogP contribution in [0.15, 0.2) is 18.2 Å². The molecule has 0 N–H and O–H groups in total. The van der Waals surface area contributed by atoms with Gasteiger partial charge in [-0.05, 0) is 80.6 Å². The second kappa shape index (κ2) is 9.22. The van der Waals surface area contributed by atoms with Crippen molar-refractivity contribution in [1.29, 1.82) is 0 Å². The van der Waals surface area contributed by atoms with Crippen molar-refractivity contribution < 1.29 is 22.3 Å². The zero-order valence-electron chi connectivity index (χ0n) is 19.6. The van der Waals surface area contributed by atoms with Crippen molar-refractivity contribution in [2.75, 3.05) is 32.8 Å². The summed E-state index contributed by atoms with van der Waals surface area (Å²) < 4.78 is 60.5. The van der Waals surface area contributed by atoms with Crippen LogP contribution in [0.3, 0.4) is 0 Å². The van der Waals surface area contributed by atoms with Gasteiger partial charge in [-0.3, -0.25) is 0 Å². The molecule has 1 spiro atoms. The maximum atomic E-state index is 14.4. The van der Waals surface area contributed by atoms with E-state index in [9.17, 15) is 17.6 Å². The molecular formula is C25H32F4N4O. The van der Waals surface area contributed by atoms with Crippen LogP contribution in [0.1, 0.15) is 73.1 Å². The normalized spacial score (nSPS) is 26.0. The zero-order valence-corrected chi connectivity index (χ0v) is 19.6. The first kappa shape index (κ1) is 23.7. The SMILES string of the molecule is Cn1c(CCCCN2CCC3(C[C@@H]3c3ccc(C(F)(F)F)cc3F)C2)nnc1C1CCOCC1. The fraction of sp³-hybridized carbons (Fsp3) is 0.680. The minimum Gasteiger partial charge on any atom is -0.381 e. The van der Waals surface area contributed by atoms with E-state index in [2.05, 4.69) is 26.7 Å². The number of nitrogens with zero attached hydrogens (tertiary/aromatic N) is 4. The number of likely N-dealkylation sites (tertiary alicyclic amines) is 1. The number of alkyl halides is 3. The van der Waals surface area contributed by atoms with E-state index in [0.29, 0.717) is 17.5 Å². The lowest BCUT2D eigenvalue weighted by Crippen LogP contribution is -2.23. The number of benzene rings is 1. The molecule has 3 aliphatic rings. The third kappa shape index (κ3) is 4.73. The van der Waals surface area contributed by atoms with Crippen molar-refractivity contribution in [2.24, 2.45) is 12.5 Å². The summed E-state index contributed by atoms with van der Waals surface area (Å²) in [6, 6.07) is 3.00. The van der Waals surface area contributed by atoms with E-state index >= 15 is 0 Å². The van der Waals surface area contributed by atoms with Gasteiger partial charge in [-0.25, -0.2) is 4.39 Å². The van der Waals surface area contributed by atoms with Gasteiger partial charge in [0.25, 0.3) is 0 Å². The summed E-state index contributed by atoms with van der Waals surface area (Å²) in [6.45, 7) is 4.42. The fourth-order valence-corrected chi connectivity index (χ4v) is 5.92. The zero-order chi connectivity index (χ0) is 23.9. The molecule has 3 fully saturated rings. The molecule has 1 aromatic heterocycles. The van der Waals surface area contributed by atoms with Gasteiger partial charge in [-0.1, -0.05) is 6.07 Å². The van der Waals surface area contributed by atoms with Crippen LogP contribution in [-0.2, 0) is 24.4 Å². The van der Waals surface area contributed by atoms with E-state index in [4.69, 9.17) is 4.74 Å². The van der Waals surface area contributed by atoms with Crippen LogP contribution in [0.4, 0.5) is 17.6 Å². The molecule has 1 aliphatic carbocycles. The van der Waals surface area contributed by atoms with Crippen molar-refractivity contribution in [3.63, 3.8) is 0 Å². The van der Waals surface area contributed by atoms with E-state index in [1.165, 1.54) is 6.07 Å². The predicted octanol–water partition coefficient (Wildman–Crippen LogP) is 5.07. The number of rotatable bonds is 7. The van der Waals surface area contributed by atoms with Gasteiger partial charge < -0.3 is 14.2 Å². The highest BCUT2D eigenvalue weighted by atomic mass is 19.4. The molecule has 2 aliphatic heterocycles. The minimum atomic E-state index is -4.51. The van der Waals surface area contributed by atoms with Crippen molar-refractivity contribution in [1.82, 2.24) is 19.7 Å². The quantitative estimate of drug-likeness (QED) is 0.410. The topological polar surface area (TPSA) is 43.2 Å². The average molecular weight is 481 g/mol. The van der Waals surface area contributed by atoms with Crippen molar-refractivity contribution in [2.45, 2.75) is 63.0 Å². The number of ether oxygens (including phenoxy) is 1. The van der Waals surface area contributed by atoms with Crippen LogP contribution in [0, 0.1) is 11.2 Å². The molecule has 186 valence electrons. The molecule has 2 saturated heterocycles. The first-order valence-electron chi connectivity index (χ1n) is 12.3. The van der Waals surface area contributed by atoms with Crippen LogP contribution >= 0.6 is 0 Å². The smallest absolute Gasteiger partial charge is 0.381 e. The molecule has 3 heterocycles. The molecular weight excluding hydrogens is 448 g/mol. The molecule has 2 aromatic rings. The van der Waals surface area contributed by atoms with Gasteiger partial charge in [0.15, 0.2) is 0 Å². The maximum absolute atomic E-state index is 14.4. The van der Waals surface area contributed by atoms with Gasteiger partial charge in [-0.2, -0.15) is 13.2 Å². The average Bonchev–Trinajstić information content (AvgIpc) is 3.14. The Balaban J connectivity index is 1.09. The van der Waals surface area contributed by atoms with E-state index in [0.717, 1.165) is 95.5 Å². The number of hydrogen-bond donors (Lipinski definition) is 0. The molecule has 0 amide bonds. The Morgan fingerprint density at radius 2 is 1.94 bits per heavy atom. The Morgan fingerprint density at radius 3 is 2.68 bits per heavy atom. The second-order valence-electron chi connectivity index (χ2n) is 10.3. The first-order valence-corrected chi connectivity index (χ1v) is 12.3. The van der Waals surface area contributed by atoms with Gasteiger partial charge in [-0.15, -0.1) is 10.2 Å². The molecule has 1 aromatic carbocycles. The maximum Gasteiger partial charge on any atom is 0.416 e. The summed E-state index contributed by atoms with van der Waals surface area (Å²) in [4.78, 5) is 2.42. The molecule has 9 heteroatoms. The van der Waals surface area contributed by atoms with Crippen LogP contribution in [0.5, 0.6) is 0 Å². The summed E-state index contributed by atoms with van der Waals surface area (Å²) in [6.07, 6.45) is 2.30. The van der Waals surface area contributed by atoms with E-state index < -0.39 is 17.6 Å². The Kier molecular flexibility index (Phi) is 6.44. The highest BCUT2D eigenvalue weighted by Crippen LogP contribution is 2.64. The minimum absolute atomic E-state index is 0.0297. The Bertz CT molecular complexity index is 1020. The summed E-state index contributed by atoms with van der Waals surface area (Å²) in [5.74, 6) is 1.83. The van der Waals surface area contributed by atoms with Crippen LogP contribution < -0.4 is 0 Å². The van der Waals surface area contributed by atoms with E-state index in [1.54, 1.807) is 0 Å². The molecule has 1 unspecified atom stereocenters. The number of halogens is 4. The second-order valence-corrected chi connectivity index (χ2v) is 10.3. The molecule has 5 nitrogen and oxygen atoms in total. The lowest BCUT2D eigenvalue weighted by Gasteiger charge is -2.21. The molecule has 34 heavy (non-hydrogen) atoms. The molecule has 0 bridgehead atoms. The lowest BCUT2D eigenvalue weighted by molar-refractivity contribution is -0.137. The van der Waals surface area contributed by atoms with Gasteiger partial charge in [0, 0.05) is 39.1 Å². The van der Waals surface area contributed by atoms with Crippen LogP contribution in [0.25, 0.3) is 0 Å².